The number of hydrogen-bond acceptors (Lipinski definition) is 4. The molecule has 0 fully saturated rings. The van der Waals surface area contributed by atoms with E-state index in [0.717, 1.165) is 0 Å². The Kier molecular flexibility index (Phi) is 3.68. The zero-order valence-electron chi connectivity index (χ0n) is 8.19. The van der Waals surface area contributed by atoms with Gasteiger partial charge in [-0.25, -0.2) is 0 Å². The molecular weight excluding hydrogens is 196 g/mol. The molecule has 5 heteroatoms. The molecule has 0 atom stereocenters. The van der Waals surface area contributed by atoms with Crippen molar-refractivity contribution in [1.29, 1.82) is 0 Å². The summed E-state index contributed by atoms with van der Waals surface area (Å²) >= 11 is 0. The molecule has 1 rings (SSSR count). The molecule has 0 unspecified atom stereocenters. The number of nitroso groups, excluding NO2 is 1. The van der Waals surface area contributed by atoms with Gasteiger partial charge in [-0.3, -0.25) is 9.59 Å². The van der Waals surface area contributed by atoms with Crippen molar-refractivity contribution < 1.29 is 9.59 Å². The Labute approximate surface area is 86.5 Å². The summed E-state index contributed by atoms with van der Waals surface area (Å²) in [6.07, 6.45) is 0. The zero-order valence-corrected chi connectivity index (χ0v) is 8.19. The highest BCUT2D eigenvalue weighted by Gasteiger charge is 2.10. The van der Waals surface area contributed by atoms with Crippen LogP contribution in [0.5, 0.6) is 0 Å². The lowest BCUT2D eigenvalue weighted by Crippen LogP contribution is -2.28. The first-order chi connectivity index (χ1) is 7.15. The fraction of sp³-hybridized carbons (Fsp3) is 0.200. The Hall–Kier alpha value is -2.04. The number of Topliss-reactive ketones (excluding diaryl/α,β-unsaturated/α-hetero) is 1. The van der Waals surface area contributed by atoms with E-state index in [1.54, 1.807) is 12.1 Å². The van der Waals surface area contributed by atoms with Gasteiger partial charge in [0.2, 0.25) is 0 Å². The van der Waals surface area contributed by atoms with E-state index in [1.807, 2.05) is 0 Å². The zero-order chi connectivity index (χ0) is 11.3. The standard InChI is InChI=1S/C10H10N2O3/c1-7(13)6-11-10(14)8-4-2-3-5-9(8)12-15/h2-5H,6H2,1H3,(H,11,14). The molecule has 0 aliphatic rings. The predicted molar refractivity (Wildman–Crippen MR) is 54.9 cm³/mol. The average molecular weight is 206 g/mol. The minimum absolute atomic E-state index is 0.0496. The van der Waals surface area contributed by atoms with E-state index in [0.29, 0.717) is 0 Å². The summed E-state index contributed by atoms with van der Waals surface area (Å²) in [6, 6.07) is 6.15. The van der Waals surface area contributed by atoms with Crippen molar-refractivity contribution in [2.24, 2.45) is 5.18 Å². The van der Waals surface area contributed by atoms with Gasteiger partial charge in [0.15, 0.2) is 0 Å². The monoisotopic (exact) mass is 206 g/mol. The molecule has 15 heavy (non-hydrogen) atoms. The summed E-state index contributed by atoms with van der Waals surface area (Å²) in [5.74, 6) is -0.625. The SMILES string of the molecule is CC(=O)CNC(=O)c1ccccc1N=O. The van der Waals surface area contributed by atoms with Crippen LogP contribution in [0.15, 0.2) is 29.4 Å². The van der Waals surface area contributed by atoms with Gasteiger partial charge in [0, 0.05) is 0 Å². The van der Waals surface area contributed by atoms with Crippen LogP contribution in [0.2, 0.25) is 0 Å². The summed E-state index contributed by atoms with van der Waals surface area (Å²) in [5.41, 5.74) is 0.243. The van der Waals surface area contributed by atoms with Crippen molar-refractivity contribution in [3.8, 4) is 0 Å². The molecule has 0 aromatic heterocycles. The first-order valence-electron chi connectivity index (χ1n) is 4.35. The van der Waals surface area contributed by atoms with Crippen LogP contribution >= 0.6 is 0 Å². The Morgan fingerprint density at radius 3 is 2.60 bits per heavy atom. The molecule has 0 spiro atoms. The average Bonchev–Trinajstić information content (AvgIpc) is 2.25. The largest absolute Gasteiger partial charge is 0.345 e. The van der Waals surface area contributed by atoms with Gasteiger partial charge in [-0.05, 0) is 24.2 Å². The molecule has 0 radical (unpaired) electrons. The molecule has 78 valence electrons. The normalized spacial score (nSPS) is 9.40. The number of benzene rings is 1. The van der Waals surface area contributed by atoms with Crippen molar-refractivity contribution in [1.82, 2.24) is 5.32 Å². The van der Waals surface area contributed by atoms with Gasteiger partial charge >= 0.3 is 0 Å². The fourth-order valence-electron chi connectivity index (χ4n) is 1.05. The lowest BCUT2D eigenvalue weighted by molar-refractivity contribution is -0.116. The lowest BCUT2D eigenvalue weighted by atomic mass is 10.1. The van der Waals surface area contributed by atoms with Crippen LogP contribution in [0.4, 0.5) is 5.69 Å². The van der Waals surface area contributed by atoms with Gasteiger partial charge in [0.25, 0.3) is 5.91 Å². The molecule has 1 aromatic rings. The highest BCUT2D eigenvalue weighted by Crippen LogP contribution is 2.17. The molecule has 0 saturated heterocycles. The lowest BCUT2D eigenvalue weighted by Gasteiger charge is -2.03. The van der Waals surface area contributed by atoms with Crippen LogP contribution in [0.25, 0.3) is 0 Å². The number of hydrogen-bond donors (Lipinski definition) is 1. The van der Waals surface area contributed by atoms with E-state index >= 15 is 0 Å². The molecule has 0 aliphatic heterocycles. The quantitative estimate of drug-likeness (QED) is 0.756. The number of ketones is 1. The van der Waals surface area contributed by atoms with Crippen LogP contribution in [0.1, 0.15) is 17.3 Å². The van der Waals surface area contributed by atoms with Gasteiger partial charge in [0.05, 0.1) is 12.1 Å². The summed E-state index contributed by atoms with van der Waals surface area (Å²) in [5, 5.41) is 5.11. The van der Waals surface area contributed by atoms with E-state index in [9.17, 15) is 14.5 Å². The van der Waals surface area contributed by atoms with Gasteiger partial charge in [-0.15, -0.1) is 4.91 Å². The second-order valence-electron chi connectivity index (χ2n) is 2.99. The Bertz CT molecular complexity index is 401. The predicted octanol–water partition coefficient (Wildman–Crippen LogP) is 1.40. The maximum atomic E-state index is 11.5. The van der Waals surface area contributed by atoms with Gasteiger partial charge < -0.3 is 5.32 Å². The summed E-state index contributed by atoms with van der Waals surface area (Å²) in [4.78, 5) is 32.5. The highest BCUT2D eigenvalue weighted by molar-refractivity contribution is 6.00. The molecule has 0 aliphatic carbocycles. The Morgan fingerprint density at radius 2 is 2.00 bits per heavy atom. The number of nitrogens with one attached hydrogen (secondary N) is 1. The van der Waals surface area contributed by atoms with E-state index in [1.165, 1.54) is 19.1 Å². The number of carbonyl (C=O) groups is 2. The van der Waals surface area contributed by atoms with E-state index < -0.39 is 5.91 Å². The molecule has 1 N–H and O–H groups in total. The topological polar surface area (TPSA) is 75.6 Å². The van der Waals surface area contributed by atoms with Crippen LogP contribution in [-0.2, 0) is 4.79 Å². The maximum absolute atomic E-state index is 11.5. The molecule has 1 amide bonds. The second kappa shape index (κ2) is 4.99. The van der Waals surface area contributed by atoms with Crippen LogP contribution in [0.3, 0.4) is 0 Å². The van der Waals surface area contributed by atoms with Crippen molar-refractivity contribution >= 4 is 17.4 Å². The van der Waals surface area contributed by atoms with Crippen LogP contribution < -0.4 is 5.32 Å². The third-order valence-electron chi connectivity index (χ3n) is 1.74. The number of carbonyl (C=O) groups excluding carboxylic acids is 2. The molecule has 0 bridgehead atoms. The summed E-state index contributed by atoms with van der Waals surface area (Å²) in [7, 11) is 0. The van der Waals surface area contributed by atoms with E-state index in [4.69, 9.17) is 0 Å². The number of nitrogens with zero attached hydrogens (tertiary/aromatic N) is 1. The Morgan fingerprint density at radius 1 is 1.33 bits per heavy atom. The third-order valence-corrected chi connectivity index (χ3v) is 1.74. The molecule has 0 saturated carbocycles. The molecule has 0 heterocycles. The van der Waals surface area contributed by atoms with Crippen molar-refractivity contribution in [3.63, 3.8) is 0 Å². The second-order valence-corrected chi connectivity index (χ2v) is 2.99. The van der Waals surface area contributed by atoms with Crippen molar-refractivity contribution in [3.05, 3.63) is 34.7 Å². The smallest absolute Gasteiger partial charge is 0.253 e. The van der Waals surface area contributed by atoms with Crippen LogP contribution in [-0.4, -0.2) is 18.2 Å². The minimum Gasteiger partial charge on any atom is -0.345 e. The highest BCUT2D eigenvalue weighted by atomic mass is 16.3. The molecular formula is C10H10N2O3. The first kappa shape index (κ1) is 11.0. The number of rotatable bonds is 4. The van der Waals surface area contributed by atoms with E-state index in [2.05, 4.69) is 10.5 Å². The van der Waals surface area contributed by atoms with Crippen molar-refractivity contribution in [2.45, 2.75) is 6.92 Å². The first-order valence-corrected chi connectivity index (χ1v) is 4.35. The fourth-order valence-corrected chi connectivity index (χ4v) is 1.05. The number of amides is 1. The van der Waals surface area contributed by atoms with Gasteiger partial charge in [-0.1, -0.05) is 12.1 Å². The molecule has 1 aromatic carbocycles. The summed E-state index contributed by atoms with van der Waals surface area (Å²) in [6.45, 7) is 1.32. The Balaban J connectivity index is 2.81. The van der Waals surface area contributed by atoms with Gasteiger partial charge in [-0.2, -0.15) is 0 Å². The van der Waals surface area contributed by atoms with Crippen molar-refractivity contribution in [2.75, 3.05) is 6.54 Å². The third kappa shape index (κ3) is 2.98. The van der Waals surface area contributed by atoms with Gasteiger partial charge in [0.1, 0.15) is 11.5 Å². The summed E-state index contributed by atoms with van der Waals surface area (Å²) < 4.78 is 0. The van der Waals surface area contributed by atoms with E-state index in [-0.39, 0.29) is 23.6 Å². The minimum atomic E-state index is -0.472. The van der Waals surface area contributed by atoms with Crippen LogP contribution in [0, 0.1) is 4.91 Å². The molecule has 5 nitrogen and oxygen atoms in total. The maximum Gasteiger partial charge on any atom is 0.253 e.